The fraction of sp³-hybridized carbons (Fsp3) is 0.562. The predicted molar refractivity (Wildman–Crippen MR) is 79.0 cm³/mol. The maximum atomic E-state index is 11.1. The van der Waals surface area contributed by atoms with E-state index in [0.29, 0.717) is 13.0 Å². The monoisotopic (exact) mass is 277 g/mol. The summed E-state index contributed by atoms with van der Waals surface area (Å²) in [4.78, 5) is 11.1. The summed E-state index contributed by atoms with van der Waals surface area (Å²) in [5.41, 5.74) is 2.34. The molecular weight excluding hydrogens is 254 g/mol. The van der Waals surface area contributed by atoms with Crippen molar-refractivity contribution >= 4 is 11.7 Å². The van der Waals surface area contributed by atoms with E-state index >= 15 is 0 Å². The molecule has 1 aliphatic carbocycles. The van der Waals surface area contributed by atoms with Crippen LogP contribution in [-0.4, -0.2) is 30.8 Å². The SMILES string of the molecule is COCCc1ccccc1NC1CCCC(C(=O)O)C1. The number of methoxy groups -OCH3 is 1. The zero-order valence-electron chi connectivity index (χ0n) is 12.0. The van der Waals surface area contributed by atoms with Crippen molar-refractivity contribution in [3.63, 3.8) is 0 Å². The predicted octanol–water partition coefficient (Wildman–Crippen LogP) is 2.93. The quantitative estimate of drug-likeness (QED) is 0.839. The first-order valence-electron chi connectivity index (χ1n) is 7.27. The molecule has 1 aromatic rings. The minimum absolute atomic E-state index is 0.201. The first kappa shape index (κ1) is 14.9. The van der Waals surface area contributed by atoms with Gasteiger partial charge in [0.05, 0.1) is 12.5 Å². The van der Waals surface area contributed by atoms with Crippen LogP contribution in [0.2, 0.25) is 0 Å². The summed E-state index contributed by atoms with van der Waals surface area (Å²) in [6, 6.07) is 8.45. The van der Waals surface area contributed by atoms with Crippen molar-refractivity contribution in [3.8, 4) is 0 Å². The van der Waals surface area contributed by atoms with Gasteiger partial charge in [-0.15, -0.1) is 0 Å². The van der Waals surface area contributed by atoms with E-state index in [0.717, 1.165) is 31.4 Å². The topological polar surface area (TPSA) is 58.6 Å². The molecule has 4 nitrogen and oxygen atoms in total. The molecule has 20 heavy (non-hydrogen) atoms. The van der Waals surface area contributed by atoms with Crippen molar-refractivity contribution in [2.75, 3.05) is 19.0 Å². The molecule has 0 aliphatic heterocycles. The average Bonchev–Trinajstić information content (AvgIpc) is 2.46. The third-order valence-corrected chi connectivity index (χ3v) is 3.98. The van der Waals surface area contributed by atoms with Crippen molar-refractivity contribution in [3.05, 3.63) is 29.8 Å². The minimum atomic E-state index is -0.663. The van der Waals surface area contributed by atoms with Crippen LogP contribution in [-0.2, 0) is 16.0 Å². The lowest BCUT2D eigenvalue weighted by Gasteiger charge is -2.29. The summed E-state index contributed by atoms with van der Waals surface area (Å²) in [5, 5.41) is 12.7. The molecule has 1 aromatic carbocycles. The number of hydrogen-bond acceptors (Lipinski definition) is 3. The third-order valence-electron chi connectivity index (χ3n) is 3.98. The van der Waals surface area contributed by atoms with Crippen molar-refractivity contribution in [2.45, 2.75) is 38.1 Å². The number of carbonyl (C=O) groups is 1. The lowest BCUT2D eigenvalue weighted by atomic mass is 9.85. The molecule has 0 aromatic heterocycles. The number of rotatable bonds is 6. The van der Waals surface area contributed by atoms with Crippen LogP contribution in [0.15, 0.2) is 24.3 Å². The maximum Gasteiger partial charge on any atom is 0.306 e. The van der Waals surface area contributed by atoms with Gasteiger partial charge in [0.1, 0.15) is 0 Å². The van der Waals surface area contributed by atoms with Crippen LogP contribution in [0.4, 0.5) is 5.69 Å². The average molecular weight is 277 g/mol. The smallest absolute Gasteiger partial charge is 0.306 e. The fourth-order valence-corrected chi connectivity index (χ4v) is 2.86. The number of hydrogen-bond donors (Lipinski definition) is 2. The summed E-state index contributed by atoms with van der Waals surface area (Å²) in [5.74, 6) is -0.864. The molecule has 1 saturated carbocycles. The Bertz CT molecular complexity index is 447. The van der Waals surface area contributed by atoms with Crippen molar-refractivity contribution < 1.29 is 14.6 Å². The Morgan fingerprint density at radius 2 is 2.20 bits per heavy atom. The van der Waals surface area contributed by atoms with Gasteiger partial charge in [0, 0.05) is 18.8 Å². The number of aliphatic carboxylic acids is 1. The molecule has 1 aliphatic rings. The Balaban J connectivity index is 2.00. The van der Waals surface area contributed by atoms with Crippen LogP contribution in [0, 0.1) is 5.92 Å². The molecule has 0 spiro atoms. The van der Waals surface area contributed by atoms with E-state index in [1.54, 1.807) is 7.11 Å². The van der Waals surface area contributed by atoms with E-state index in [2.05, 4.69) is 17.4 Å². The Morgan fingerprint density at radius 3 is 2.95 bits per heavy atom. The zero-order chi connectivity index (χ0) is 14.4. The van der Waals surface area contributed by atoms with Gasteiger partial charge in [-0.2, -0.15) is 0 Å². The van der Waals surface area contributed by atoms with E-state index in [9.17, 15) is 4.79 Å². The normalized spacial score (nSPS) is 22.4. The number of benzene rings is 1. The number of para-hydroxylation sites is 1. The van der Waals surface area contributed by atoms with Crippen LogP contribution in [0.1, 0.15) is 31.2 Å². The maximum absolute atomic E-state index is 11.1. The molecule has 0 heterocycles. The molecule has 0 amide bonds. The minimum Gasteiger partial charge on any atom is -0.481 e. The van der Waals surface area contributed by atoms with Gasteiger partial charge in [-0.05, 0) is 37.3 Å². The Morgan fingerprint density at radius 1 is 1.40 bits per heavy atom. The van der Waals surface area contributed by atoms with E-state index in [1.165, 1.54) is 5.56 Å². The van der Waals surface area contributed by atoms with Crippen molar-refractivity contribution in [1.29, 1.82) is 0 Å². The number of carboxylic acids is 1. The molecule has 0 bridgehead atoms. The second kappa shape index (κ2) is 7.29. The molecule has 0 saturated heterocycles. The van der Waals surface area contributed by atoms with Crippen molar-refractivity contribution in [1.82, 2.24) is 0 Å². The number of anilines is 1. The molecule has 1 fully saturated rings. The summed E-state index contributed by atoms with van der Waals surface area (Å²) in [6.07, 6.45) is 4.42. The lowest BCUT2D eigenvalue weighted by Crippen LogP contribution is -2.31. The third kappa shape index (κ3) is 3.97. The second-order valence-electron chi connectivity index (χ2n) is 5.44. The van der Waals surface area contributed by atoms with Gasteiger partial charge in [-0.1, -0.05) is 24.6 Å². The first-order chi connectivity index (χ1) is 9.70. The highest BCUT2D eigenvalue weighted by Crippen LogP contribution is 2.28. The highest BCUT2D eigenvalue weighted by atomic mass is 16.5. The summed E-state index contributed by atoms with van der Waals surface area (Å²) < 4.78 is 5.13. The highest BCUT2D eigenvalue weighted by molar-refractivity contribution is 5.70. The standard InChI is InChI=1S/C16H23NO3/c1-20-10-9-12-5-2-3-8-15(12)17-14-7-4-6-13(11-14)16(18)19/h2-3,5,8,13-14,17H,4,6-7,9-11H2,1H3,(H,18,19). The summed E-state index contributed by atoms with van der Waals surface area (Å²) in [7, 11) is 1.70. The van der Waals surface area contributed by atoms with Crippen LogP contribution in [0.25, 0.3) is 0 Å². The Hall–Kier alpha value is -1.55. The fourth-order valence-electron chi connectivity index (χ4n) is 2.86. The lowest BCUT2D eigenvalue weighted by molar-refractivity contribution is -0.142. The van der Waals surface area contributed by atoms with Gasteiger partial charge in [-0.3, -0.25) is 4.79 Å². The molecule has 2 N–H and O–H groups in total. The summed E-state index contributed by atoms with van der Waals surface area (Å²) in [6.45, 7) is 0.696. The molecule has 110 valence electrons. The first-order valence-corrected chi connectivity index (χ1v) is 7.27. The Kier molecular flexibility index (Phi) is 5.41. The van der Waals surface area contributed by atoms with Gasteiger partial charge >= 0.3 is 5.97 Å². The van der Waals surface area contributed by atoms with Gasteiger partial charge in [-0.25, -0.2) is 0 Å². The van der Waals surface area contributed by atoms with Crippen LogP contribution in [0.3, 0.4) is 0 Å². The van der Waals surface area contributed by atoms with Crippen molar-refractivity contribution in [2.24, 2.45) is 5.92 Å². The molecule has 2 unspecified atom stereocenters. The van der Waals surface area contributed by atoms with Crippen LogP contribution in [0.5, 0.6) is 0 Å². The zero-order valence-corrected chi connectivity index (χ0v) is 12.0. The highest BCUT2D eigenvalue weighted by Gasteiger charge is 2.27. The molecule has 2 atom stereocenters. The van der Waals surface area contributed by atoms with E-state index < -0.39 is 5.97 Å². The number of carboxylic acid groups (broad SMARTS) is 1. The number of nitrogens with one attached hydrogen (secondary N) is 1. The number of ether oxygens (including phenoxy) is 1. The van der Waals surface area contributed by atoms with E-state index in [-0.39, 0.29) is 12.0 Å². The molecule has 4 heteroatoms. The van der Waals surface area contributed by atoms with Gasteiger partial charge < -0.3 is 15.2 Å². The Labute approximate surface area is 120 Å². The van der Waals surface area contributed by atoms with Gasteiger partial charge in [0.15, 0.2) is 0 Å². The van der Waals surface area contributed by atoms with Crippen LogP contribution >= 0.6 is 0 Å². The van der Waals surface area contributed by atoms with Gasteiger partial charge in [0.2, 0.25) is 0 Å². The second-order valence-corrected chi connectivity index (χ2v) is 5.44. The molecular formula is C16H23NO3. The summed E-state index contributed by atoms with van der Waals surface area (Å²) >= 11 is 0. The molecule has 2 rings (SSSR count). The van der Waals surface area contributed by atoms with E-state index in [4.69, 9.17) is 9.84 Å². The van der Waals surface area contributed by atoms with E-state index in [1.807, 2.05) is 12.1 Å². The molecule has 0 radical (unpaired) electrons. The largest absolute Gasteiger partial charge is 0.481 e. The van der Waals surface area contributed by atoms with Crippen LogP contribution < -0.4 is 5.32 Å². The van der Waals surface area contributed by atoms with Gasteiger partial charge in [0.25, 0.3) is 0 Å².